The maximum absolute atomic E-state index is 12.5. The second-order valence-electron chi connectivity index (χ2n) is 5.18. The molecule has 0 aliphatic rings. The van der Waals surface area contributed by atoms with Crippen LogP contribution in [0.1, 0.15) is 5.56 Å². The Balaban J connectivity index is 2.07. The van der Waals surface area contributed by atoms with Gasteiger partial charge in [-0.1, -0.05) is 6.07 Å². The van der Waals surface area contributed by atoms with E-state index in [0.29, 0.717) is 17.0 Å². The minimum atomic E-state index is -3.83. The van der Waals surface area contributed by atoms with Crippen LogP contribution in [0.2, 0.25) is 0 Å². The molecule has 1 N–H and O–H groups in total. The SMILES string of the molecule is COc1cccc(NC(=O)CN(C)S(=O)(=O)c2ccc(C#N)cc2)c1. The summed E-state index contributed by atoms with van der Waals surface area (Å²) in [6, 6.07) is 14.2. The Kier molecular flexibility index (Phi) is 5.75. The largest absolute Gasteiger partial charge is 0.497 e. The standard InChI is InChI=1S/C17H17N3O4S/c1-20(25(22,23)16-8-6-13(11-18)7-9-16)12-17(21)19-14-4-3-5-15(10-14)24-2/h3-10H,12H2,1-2H3,(H,19,21). The number of likely N-dealkylation sites (N-methyl/N-ethyl adjacent to an activating group) is 1. The summed E-state index contributed by atoms with van der Waals surface area (Å²) >= 11 is 0. The van der Waals surface area contributed by atoms with Crippen molar-refractivity contribution in [3.63, 3.8) is 0 Å². The molecule has 0 heterocycles. The van der Waals surface area contributed by atoms with Crippen molar-refractivity contribution in [2.45, 2.75) is 4.90 Å². The van der Waals surface area contributed by atoms with Crippen molar-refractivity contribution in [3.8, 4) is 11.8 Å². The lowest BCUT2D eigenvalue weighted by Gasteiger charge is -2.17. The van der Waals surface area contributed by atoms with Crippen molar-refractivity contribution < 1.29 is 17.9 Å². The van der Waals surface area contributed by atoms with E-state index in [1.165, 1.54) is 38.4 Å². The molecule has 0 aliphatic carbocycles. The van der Waals surface area contributed by atoms with Crippen molar-refractivity contribution in [3.05, 3.63) is 54.1 Å². The molecular weight excluding hydrogens is 342 g/mol. The zero-order chi connectivity index (χ0) is 18.4. The highest BCUT2D eigenvalue weighted by Crippen LogP contribution is 2.18. The van der Waals surface area contributed by atoms with Crippen LogP contribution >= 0.6 is 0 Å². The number of nitriles is 1. The van der Waals surface area contributed by atoms with Crippen LogP contribution in [0.15, 0.2) is 53.4 Å². The van der Waals surface area contributed by atoms with Gasteiger partial charge < -0.3 is 10.1 Å². The molecule has 0 aliphatic heterocycles. The first-order chi connectivity index (χ1) is 11.9. The lowest BCUT2D eigenvalue weighted by atomic mass is 10.2. The van der Waals surface area contributed by atoms with Crippen LogP contribution in [0.25, 0.3) is 0 Å². The number of rotatable bonds is 6. The number of nitrogens with one attached hydrogen (secondary N) is 1. The molecule has 1 amide bonds. The minimum Gasteiger partial charge on any atom is -0.497 e. The van der Waals surface area contributed by atoms with E-state index < -0.39 is 15.9 Å². The van der Waals surface area contributed by atoms with Crippen LogP contribution in [0.5, 0.6) is 5.75 Å². The van der Waals surface area contributed by atoms with Gasteiger partial charge in [-0.25, -0.2) is 8.42 Å². The summed E-state index contributed by atoms with van der Waals surface area (Å²) in [7, 11) is -0.995. The second-order valence-corrected chi connectivity index (χ2v) is 7.22. The number of ether oxygens (including phenoxy) is 1. The van der Waals surface area contributed by atoms with Gasteiger partial charge in [-0.15, -0.1) is 0 Å². The van der Waals surface area contributed by atoms with Gasteiger partial charge in [-0.05, 0) is 36.4 Å². The Morgan fingerprint density at radius 3 is 2.52 bits per heavy atom. The molecule has 0 saturated heterocycles. The van der Waals surface area contributed by atoms with Crippen LogP contribution in [0.4, 0.5) is 5.69 Å². The Labute approximate surface area is 146 Å². The van der Waals surface area contributed by atoms with Crippen molar-refractivity contribution in [2.75, 3.05) is 26.0 Å². The number of hydrogen-bond donors (Lipinski definition) is 1. The molecule has 0 radical (unpaired) electrons. The molecular formula is C17H17N3O4S. The minimum absolute atomic E-state index is 0.0168. The molecule has 0 fully saturated rings. The van der Waals surface area contributed by atoms with E-state index in [-0.39, 0.29) is 11.4 Å². The first-order valence-corrected chi connectivity index (χ1v) is 8.71. The van der Waals surface area contributed by atoms with Gasteiger partial charge in [0, 0.05) is 18.8 Å². The zero-order valence-electron chi connectivity index (χ0n) is 13.8. The first-order valence-electron chi connectivity index (χ1n) is 7.27. The molecule has 130 valence electrons. The van der Waals surface area contributed by atoms with Gasteiger partial charge in [0.15, 0.2) is 0 Å². The van der Waals surface area contributed by atoms with Crippen LogP contribution in [0, 0.1) is 11.3 Å². The molecule has 0 aromatic heterocycles. The lowest BCUT2D eigenvalue weighted by Crippen LogP contribution is -2.34. The molecule has 0 spiro atoms. The van der Waals surface area contributed by atoms with E-state index >= 15 is 0 Å². The topological polar surface area (TPSA) is 99.5 Å². The predicted molar refractivity (Wildman–Crippen MR) is 92.6 cm³/mol. The van der Waals surface area contributed by atoms with Crippen molar-refractivity contribution in [1.29, 1.82) is 5.26 Å². The molecule has 25 heavy (non-hydrogen) atoms. The molecule has 0 unspecified atom stereocenters. The number of amides is 1. The molecule has 0 bridgehead atoms. The van der Waals surface area contributed by atoms with E-state index in [1.54, 1.807) is 24.3 Å². The third-order valence-corrected chi connectivity index (χ3v) is 5.23. The van der Waals surface area contributed by atoms with Gasteiger partial charge in [-0.3, -0.25) is 4.79 Å². The van der Waals surface area contributed by atoms with Crippen LogP contribution in [0.3, 0.4) is 0 Å². The summed E-state index contributed by atoms with van der Waals surface area (Å²) in [6.07, 6.45) is 0. The summed E-state index contributed by atoms with van der Waals surface area (Å²) in [5, 5.41) is 11.4. The zero-order valence-corrected chi connectivity index (χ0v) is 14.6. The molecule has 8 heteroatoms. The fourth-order valence-corrected chi connectivity index (χ4v) is 3.20. The first kappa shape index (κ1) is 18.4. The summed E-state index contributed by atoms with van der Waals surface area (Å²) in [6.45, 7) is -0.348. The molecule has 2 rings (SSSR count). The number of methoxy groups -OCH3 is 1. The third-order valence-electron chi connectivity index (χ3n) is 3.41. The van der Waals surface area contributed by atoms with Crippen molar-refractivity contribution in [1.82, 2.24) is 4.31 Å². The molecule has 0 atom stereocenters. The van der Waals surface area contributed by atoms with Crippen molar-refractivity contribution in [2.24, 2.45) is 0 Å². The molecule has 2 aromatic carbocycles. The highest BCUT2D eigenvalue weighted by atomic mass is 32.2. The normalized spacial score (nSPS) is 11.0. The summed E-state index contributed by atoms with van der Waals surface area (Å²) in [5.74, 6) is 0.101. The van der Waals surface area contributed by atoms with Gasteiger partial charge >= 0.3 is 0 Å². The van der Waals surface area contributed by atoms with Gasteiger partial charge in [0.25, 0.3) is 0 Å². The average Bonchev–Trinajstić information content (AvgIpc) is 2.61. The van der Waals surface area contributed by atoms with Gasteiger partial charge in [-0.2, -0.15) is 9.57 Å². The number of carbonyl (C=O) groups excluding carboxylic acids is 1. The quantitative estimate of drug-likeness (QED) is 0.848. The lowest BCUT2D eigenvalue weighted by molar-refractivity contribution is -0.116. The monoisotopic (exact) mass is 359 g/mol. The highest BCUT2D eigenvalue weighted by molar-refractivity contribution is 7.89. The van der Waals surface area contributed by atoms with Crippen LogP contribution in [-0.2, 0) is 14.8 Å². The average molecular weight is 359 g/mol. The Morgan fingerprint density at radius 1 is 1.24 bits per heavy atom. The fourth-order valence-electron chi connectivity index (χ4n) is 2.07. The van der Waals surface area contributed by atoms with Crippen molar-refractivity contribution >= 4 is 21.6 Å². The number of anilines is 1. The van der Waals surface area contributed by atoms with Crippen LogP contribution < -0.4 is 10.1 Å². The predicted octanol–water partition coefficient (Wildman–Crippen LogP) is 1.83. The second kappa shape index (κ2) is 7.79. The van der Waals surface area contributed by atoms with E-state index in [0.717, 1.165) is 4.31 Å². The van der Waals surface area contributed by atoms with Gasteiger partial charge in [0.2, 0.25) is 15.9 Å². The molecule has 0 saturated carbocycles. The Hall–Kier alpha value is -2.89. The maximum atomic E-state index is 12.5. The number of hydrogen-bond acceptors (Lipinski definition) is 5. The highest BCUT2D eigenvalue weighted by Gasteiger charge is 2.23. The smallest absolute Gasteiger partial charge is 0.243 e. The Morgan fingerprint density at radius 2 is 1.92 bits per heavy atom. The summed E-state index contributed by atoms with van der Waals surface area (Å²) in [5.41, 5.74) is 0.867. The number of sulfonamides is 1. The van der Waals surface area contributed by atoms with Crippen LogP contribution in [-0.4, -0.2) is 39.3 Å². The van der Waals surface area contributed by atoms with Gasteiger partial charge in [0.1, 0.15) is 5.75 Å². The van der Waals surface area contributed by atoms with E-state index in [2.05, 4.69) is 5.32 Å². The van der Waals surface area contributed by atoms with E-state index in [9.17, 15) is 13.2 Å². The van der Waals surface area contributed by atoms with Gasteiger partial charge in [0.05, 0.1) is 30.2 Å². The number of nitrogens with zero attached hydrogens (tertiary/aromatic N) is 2. The number of benzene rings is 2. The molecule has 2 aromatic rings. The van der Waals surface area contributed by atoms with E-state index in [1.807, 2.05) is 6.07 Å². The van der Waals surface area contributed by atoms with E-state index in [4.69, 9.17) is 10.00 Å². The molecule has 7 nitrogen and oxygen atoms in total. The number of carbonyl (C=O) groups is 1. The Bertz CT molecular complexity index is 902. The third kappa shape index (κ3) is 4.56. The maximum Gasteiger partial charge on any atom is 0.243 e. The fraction of sp³-hybridized carbons (Fsp3) is 0.176. The summed E-state index contributed by atoms with van der Waals surface area (Å²) < 4.78 is 30.9. The summed E-state index contributed by atoms with van der Waals surface area (Å²) in [4.78, 5) is 12.1.